The van der Waals surface area contributed by atoms with Crippen LogP contribution < -0.4 is 14.8 Å². The van der Waals surface area contributed by atoms with Crippen molar-refractivity contribution < 1.29 is 45.0 Å². The summed E-state index contributed by atoms with van der Waals surface area (Å²) >= 11 is 12.2. The number of sulfonamides is 1. The number of nitrogens with zero attached hydrogens (tertiary/aromatic N) is 1. The number of phenolic OH excluding ortho intramolecular Hbond substituents is 1. The molecule has 5 rings (SSSR count). The predicted molar refractivity (Wildman–Crippen MR) is 191 cm³/mol. The lowest BCUT2D eigenvalue weighted by molar-refractivity contribution is 0.0946. The molecular formula is C36H30Cl2F2N2O8S2. The number of halogens is 4. The number of carbonyl (C=O) groups excluding carboxylic acids is 1. The SMILES string of the molecule is COc1cccc(C(=O)NCc2cc(CN(Cc3cccc(S(C)(=O)=O)c3)S(=O)(=O)c3cc(Cl)cc(Cl)c3O)cc(Oc3ccc(F)cc3)c2)c1F. The zero-order chi connectivity index (χ0) is 37.8. The normalized spacial score (nSPS) is 11.8. The van der Waals surface area contributed by atoms with E-state index in [1.54, 1.807) is 12.1 Å². The summed E-state index contributed by atoms with van der Waals surface area (Å²) in [5.41, 5.74) is 0.737. The molecule has 10 nitrogen and oxygen atoms in total. The van der Waals surface area contributed by atoms with Gasteiger partial charge in [0.1, 0.15) is 22.2 Å². The highest BCUT2D eigenvalue weighted by Gasteiger charge is 2.30. The number of amides is 1. The third kappa shape index (κ3) is 9.19. The molecule has 52 heavy (non-hydrogen) atoms. The van der Waals surface area contributed by atoms with E-state index in [4.69, 9.17) is 32.7 Å². The third-order valence-corrected chi connectivity index (χ3v) is 11.0. The quantitative estimate of drug-likeness (QED) is 0.125. The average Bonchev–Trinajstić information content (AvgIpc) is 3.09. The summed E-state index contributed by atoms with van der Waals surface area (Å²) in [5, 5.41) is 13.0. The van der Waals surface area contributed by atoms with Crippen LogP contribution in [-0.2, 0) is 39.5 Å². The van der Waals surface area contributed by atoms with Crippen LogP contribution in [0.25, 0.3) is 0 Å². The van der Waals surface area contributed by atoms with E-state index in [1.165, 1.54) is 86.0 Å². The lowest BCUT2D eigenvalue weighted by Crippen LogP contribution is -2.30. The number of benzene rings is 5. The van der Waals surface area contributed by atoms with E-state index < -0.39 is 48.0 Å². The molecule has 0 bridgehead atoms. The van der Waals surface area contributed by atoms with Crippen molar-refractivity contribution in [2.45, 2.75) is 29.4 Å². The van der Waals surface area contributed by atoms with Gasteiger partial charge < -0.3 is 19.9 Å². The van der Waals surface area contributed by atoms with Crippen molar-refractivity contribution in [3.63, 3.8) is 0 Å². The lowest BCUT2D eigenvalue weighted by Gasteiger charge is -2.24. The molecule has 16 heteroatoms. The van der Waals surface area contributed by atoms with Crippen molar-refractivity contribution in [2.75, 3.05) is 13.4 Å². The zero-order valence-electron chi connectivity index (χ0n) is 27.4. The molecule has 5 aromatic rings. The Bertz CT molecular complexity index is 2360. The zero-order valence-corrected chi connectivity index (χ0v) is 30.6. The van der Waals surface area contributed by atoms with E-state index in [1.807, 2.05) is 0 Å². The summed E-state index contributed by atoms with van der Waals surface area (Å²) in [6, 6.07) is 21.8. The first-order chi connectivity index (χ1) is 24.5. The largest absolute Gasteiger partial charge is 0.505 e. The number of phenols is 1. The molecule has 0 aromatic heterocycles. The fourth-order valence-corrected chi connectivity index (χ4v) is 7.98. The monoisotopic (exact) mass is 790 g/mol. The fraction of sp³-hybridized carbons (Fsp3) is 0.139. The van der Waals surface area contributed by atoms with Crippen molar-refractivity contribution in [1.29, 1.82) is 0 Å². The van der Waals surface area contributed by atoms with Crippen LogP contribution in [0.3, 0.4) is 0 Å². The van der Waals surface area contributed by atoms with Gasteiger partial charge in [0.25, 0.3) is 5.91 Å². The Morgan fingerprint density at radius 2 is 1.50 bits per heavy atom. The standard InChI is InChI=1S/C36H30Cl2F2N2O8S2/c1-49-32-8-4-7-30(34(32)40)36(44)41-19-23-13-24(15-28(14-23)50-27-11-9-26(39)10-12-27)21-42(20-22-5-3-6-29(16-22)51(2,45)46)52(47,48)33-18-25(37)17-31(38)35(33)43/h3-18,43H,19-21H2,1-2H3,(H,41,44). The van der Waals surface area contributed by atoms with Gasteiger partial charge >= 0.3 is 0 Å². The molecule has 0 radical (unpaired) electrons. The first-order valence-corrected chi connectivity index (χ1v) is 19.3. The van der Waals surface area contributed by atoms with E-state index in [9.17, 15) is 35.5 Å². The Hall–Kier alpha value is -4.73. The van der Waals surface area contributed by atoms with E-state index >= 15 is 0 Å². The molecule has 0 atom stereocenters. The number of ether oxygens (including phenoxy) is 2. The van der Waals surface area contributed by atoms with Gasteiger partial charge in [0.05, 0.1) is 22.6 Å². The summed E-state index contributed by atoms with van der Waals surface area (Å²) < 4.78 is 93.5. The molecule has 272 valence electrons. The molecule has 0 spiro atoms. The van der Waals surface area contributed by atoms with Crippen LogP contribution in [0.15, 0.2) is 107 Å². The molecule has 0 aliphatic heterocycles. The smallest absolute Gasteiger partial charge is 0.254 e. The maximum absolute atomic E-state index is 14.8. The Balaban J connectivity index is 1.57. The Labute approximate surface area is 309 Å². The van der Waals surface area contributed by atoms with Crippen molar-refractivity contribution >= 4 is 49.0 Å². The van der Waals surface area contributed by atoms with E-state index in [2.05, 4.69) is 5.32 Å². The van der Waals surface area contributed by atoms with Crippen molar-refractivity contribution in [2.24, 2.45) is 0 Å². The van der Waals surface area contributed by atoms with Gasteiger partial charge in [-0.15, -0.1) is 0 Å². The van der Waals surface area contributed by atoms with E-state index in [-0.39, 0.29) is 57.4 Å². The molecule has 5 aromatic carbocycles. The van der Waals surface area contributed by atoms with Gasteiger partial charge in [0.2, 0.25) is 10.0 Å². The Kier molecular flexibility index (Phi) is 11.8. The van der Waals surface area contributed by atoms with Crippen molar-refractivity contribution in [3.05, 3.63) is 141 Å². The minimum absolute atomic E-state index is 0.0452. The topological polar surface area (TPSA) is 139 Å². The van der Waals surface area contributed by atoms with Gasteiger partial charge in [-0.05, 0) is 89.5 Å². The van der Waals surface area contributed by atoms with Gasteiger partial charge in [0.15, 0.2) is 27.2 Å². The Morgan fingerprint density at radius 3 is 2.19 bits per heavy atom. The summed E-state index contributed by atoms with van der Waals surface area (Å²) in [6.07, 6.45) is 1.02. The molecule has 1 amide bonds. The van der Waals surface area contributed by atoms with Crippen LogP contribution in [0.4, 0.5) is 8.78 Å². The van der Waals surface area contributed by atoms with Crippen molar-refractivity contribution in [1.82, 2.24) is 9.62 Å². The highest BCUT2D eigenvalue weighted by Crippen LogP contribution is 2.37. The van der Waals surface area contributed by atoms with Crippen LogP contribution in [-0.4, -0.2) is 45.5 Å². The highest BCUT2D eigenvalue weighted by molar-refractivity contribution is 7.90. The number of sulfone groups is 1. The summed E-state index contributed by atoms with van der Waals surface area (Å²) in [4.78, 5) is 12.4. The maximum atomic E-state index is 14.8. The molecule has 0 heterocycles. The summed E-state index contributed by atoms with van der Waals surface area (Å²) in [7, 11) is -7.02. The fourth-order valence-electron chi connectivity index (χ4n) is 5.13. The van der Waals surface area contributed by atoms with Gasteiger partial charge in [0, 0.05) is 30.9 Å². The molecular weight excluding hydrogens is 761 g/mol. The lowest BCUT2D eigenvalue weighted by atomic mass is 10.1. The van der Waals surface area contributed by atoms with Crippen LogP contribution in [0.2, 0.25) is 10.0 Å². The number of carbonyl (C=O) groups is 1. The molecule has 0 saturated heterocycles. The van der Waals surface area contributed by atoms with Gasteiger partial charge in [-0.1, -0.05) is 47.5 Å². The van der Waals surface area contributed by atoms with Crippen molar-refractivity contribution in [3.8, 4) is 23.0 Å². The first kappa shape index (κ1) is 38.5. The summed E-state index contributed by atoms with van der Waals surface area (Å²) in [5.74, 6) is -2.58. The Morgan fingerprint density at radius 1 is 0.827 bits per heavy atom. The second-order valence-corrected chi connectivity index (χ2v) is 16.2. The van der Waals surface area contributed by atoms with Crippen LogP contribution in [0, 0.1) is 11.6 Å². The van der Waals surface area contributed by atoms with E-state index in [0.717, 1.165) is 16.6 Å². The van der Waals surface area contributed by atoms with Crippen LogP contribution >= 0.6 is 23.2 Å². The molecule has 2 N–H and O–H groups in total. The second-order valence-electron chi connectivity index (χ2n) is 11.5. The predicted octanol–water partition coefficient (Wildman–Crippen LogP) is 7.50. The molecule has 0 aliphatic carbocycles. The number of methoxy groups -OCH3 is 1. The number of nitrogens with one attached hydrogen (secondary N) is 1. The third-order valence-electron chi connectivity index (χ3n) is 7.61. The van der Waals surface area contributed by atoms with Gasteiger partial charge in [-0.25, -0.2) is 25.6 Å². The van der Waals surface area contributed by atoms with Crippen LogP contribution in [0.5, 0.6) is 23.0 Å². The molecule has 0 fully saturated rings. The second kappa shape index (κ2) is 15.9. The van der Waals surface area contributed by atoms with E-state index in [0.29, 0.717) is 16.7 Å². The number of hydrogen-bond acceptors (Lipinski definition) is 8. The molecule has 0 saturated carbocycles. The minimum Gasteiger partial charge on any atom is -0.505 e. The molecule has 0 unspecified atom stereocenters. The number of hydrogen-bond donors (Lipinski definition) is 2. The maximum Gasteiger partial charge on any atom is 0.254 e. The highest BCUT2D eigenvalue weighted by atomic mass is 35.5. The number of rotatable bonds is 13. The van der Waals surface area contributed by atoms with Gasteiger partial charge in [-0.2, -0.15) is 4.31 Å². The van der Waals surface area contributed by atoms with Crippen LogP contribution in [0.1, 0.15) is 27.0 Å². The number of aromatic hydroxyl groups is 1. The first-order valence-electron chi connectivity index (χ1n) is 15.2. The average molecular weight is 792 g/mol. The molecule has 0 aliphatic rings. The summed E-state index contributed by atoms with van der Waals surface area (Å²) in [6.45, 7) is -0.933. The van der Waals surface area contributed by atoms with Gasteiger partial charge in [-0.3, -0.25) is 4.79 Å². The minimum atomic E-state index is -4.62.